The fourth-order valence-corrected chi connectivity index (χ4v) is 1.61. The van der Waals surface area contributed by atoms with Crippen LogP contribution >= 0.6 is 11.6 Å². The van der Waals surface area contributed by atoms with E-state index in [0.717, 1.165) is 16.3 Å². The molecule has 1 aromatic heterocycles. The number of hydrogen-bond donors (Lipinski definition) is 2. The summed E-state index contributed by atoms with van der Waals surface area (Å²) in [7, 11) is 0. The van der Waals surface area contributed by atoms with Gasteiger partial charge in [0, 0.05) is 24.3 Å². The Kier molecular flexibility index (Phi) is 3.90. The number of nitrogens with zero attached hydrogens (tertiary/aromatic N) is 2. The first-order chi connectivity index (χ1) is 8.29. The van der Waals surface area contributed by atoms with Gasteiger partial charge in [0.15, 0.2) is 0 Å². The largest absolute Gasteiger partial charge is 0.350 e. The summed E-state index contributed by atoms with van der Waals surface area (Å²) in [5, 5.41) is 3.85. The van der Waals surface area contributed by atoms with Crippen LogP contribution in [0, 0.1) is 0 Å². The van der Waals surface area contributed by atoms with Gasteiger partial charge >= 0.3 is 0 Å². The van der Waals surface area contributed by atoms with Crippen molar-refractivity contribution in [2.45, 2.75) is 13.1 Å². The Morgan fingerprint density at radius 3 is 2.82 bits per heavy atom. The molecule has 88 valence electrons. The number of aromatic nitrogens is 2. The molecule has 5 heteroatoms. The Balaban J connectivity index is 2.05. The quantitative estimate of drug-likeness (QED) is 0.871. The molecular formula is C12H13ClN4. The van der Waals surface area contributed by atoms with Crippen molar-refractivity contribution in [1.82, 2.24) is 9.97 Å². The van der Waals surface area contributed by atoms with Crippen molar-refractivity contribution in [3.8, 4) is 0 Å². The van der Waals surface area contributed by atoms with E-state index in [1.807, 2.05) is 24.3 Å². The molecule has 2 rings (SSSR count). The minimum atomic E-state index is 0.406. The summed E-state index contributed by atoms with van der Waals surface area (Å²) in [6, 6.07) is 9.45. The number of benzene rings is 1. The lowest BCUT2D eigenvalue weighted by atomic mass is 10.2. The number of nitrogens with two attached hydrogens (primary N) is 1. The number of rotatable bonds is 4. The highest BCUT2D eigenvalue weighted by Crippen LogP contribution is 2.15. The summed E-state index contributed by atoms with van der Waals surface area (Å²) in [6.07, 6.45) is 1.68. The molecule has 0 aliphatic carbocycles. The summed E-state index contributed by atoms with van der Waals surface area (Å²) in [6.45, 7) is 0.997. The molecule has 0 radical (unpaired) electrons. The molecule has 1 heterocycles. The highest BCUT2D eigenvalue weighted by molar-refractivity contribution is 6.31. The minimum Gasteiger partial charge on any atom is -0.350 e. The Morgan fingerprint density at radius 2 is 2.06 bits per heavy atom. The third-order valence-corrected chi connectivity index (χ3v) is 2.69. The zero-order valence-electron chi connectivity index (χ0n) is 9.23. The van der Waals surface area contributed by atoms with E-state index in [0.29, 0.717) is 19.0 Å². The Hall–Kier alpha value is -1.65. The standard InChI is InChI=1S/C12H13ClN4/c13-11-4-2-1-3-9(11)8-16-12-15-6-5-10(7-14)17-12/h1-6H,7-8,14H2,(H,15,16,17). The SMILES string of the molecule is NCc1ccnc(NCc2ccccc2Cl)n1. The lowest BCUT2D eigenvalue weighted by molar-refractivity contribution is 0.950. The maximum Gasteiger partial charge on any atom is 0.223 e. The fourth-order valence-electron chi connectivity index (χ4n) is 1.41. The predicted octanol–water partition coefficient (Wildman–Crippen LogP) is 2.20. The smallest absolute Gasteiger partial charge is 0.223 e. The predicted molar refractivity (Wildman–Crippen MR) is 68.7 cm³/mol. The fraction of sp³-hybridized carbons (Fsp3) is 0.167. The van der Waals surface area contributed by atoms with Crippen LogP contribution in [-0.4, -0.2) is 9.97 Å². The van der Waals surface area contributed by atoms with Gasteiger partial charge in [-0.05, 0) is 17.7 Å². The van der Waals surface area contributed by atoms with Crippen molar-refractivity contribution in [2.75, 3.05) is 5.32 Å². The first-order valence-corrected chi connectivity index (χ1v) is 5.66. The van der Waals surface area contributed by atoms with Crippen LogP contribution in [0.5, 0.6) is 0 Å². The zero-order valence-corrected chi connectivity index (χ0v) is 9.98. The second kappa shape index (κ2) is 5.61. The average Bonchev–Trinajstić information content (AvgIpc) is 2.38. The topological polar surface area (TPSA) is 63.8 Å². The number of anilines is 1. The van der Waals surface area contributed by atoms with Gasteiger partial charge in [0.25, 0.3) is 0 Å². The van der Waals surface area contributed by atoms with E-state index in [1.54, 1.807) is 12.3 Å². The molecule has 0 aliphatic heterocycles. The van der Waals surface area contributed by atoms with Crippen LogP contribution in [0.1, 0.15) is 11.3 Å². The highest BCUT2D eigenvalue weighted by Gasteiger charge is 2.01. The molecule has 0 unspecified atom stereocenters. The van der Waals surface area contributed by atoms with E-state index in [4.69, 9.17) is 17.3 Å². The van der Waals surface area contributed by atoms with Gasteiger partial charge in [0.1, 0.15) is 0 Å². The molecule has 0 saturated heterocycles. The van der Waals surface area contributed by atoms with E-state index >= 15 is 0 Å². The van der Waals surface area contributed by atoms with Gasteiger partial charge in [0.05, 0.1) is 5.69 Å². The lowest BCUT2D eigenvalue weighted by Crippen LogP contribution is -2.07. The minimum absolute atomic E-state index is 0.406. The zero-order chi connectivity index (χ0) is 12.1. The van der Waals surface area contributed by atoms with Crippen LogP contribution in [0.3, 0.4) is 0 Å². The molecule has 1 aromatic carbocycles. The van der Waals surface area contributed by atoms with Crippen LogP contribution in [0.2, 0.25) is 5.02 Å². The van der Waals surface area contributed by atoms with Crippen LogP contribution in [0.15, 0.2) is 36.5 Å². The number of halogens is 1. The number of hydrogen-bond acceptors (Lipinski definition) is 4. The van der Waals surface area contributed by atoms with Gasteiger partial charge < -0.3 is 11.1 Å². The van der Waals surface area contributed by atoms with Crippen molar-refractivity contribution in [1.29, 1.82) is 0 Å². The molecular weight excluding hydrogens is 236 g/mol. The molecule has 0 aliphatic rings. The van der Waals surface area contributed by atoms with Crippen LogP contribution in [0.25, 0.3) is 0 Å². The van der Waals surface area contributed by atoms with Gasteiger partial charge in [-0.1, -0.05) is 29.8 Å². The molecule has 0 bridgehead atoms. The van der Waals surface area contributed by atoms with E-state index in [-0.39, 0.29) is 0 Å². The molecule has 0 amide bonds. The molecule has 0 spiro atoms. The Morgan fingerprint density at radius 1 is 1.24 bits per heavy atom. The van der Waals surface area contributed by atoms with E-state index in [9.17, 15) is 0 Å². The van der Waals surface area contributed by atoms with E-state index in [1.165, 1.54) is 0 Å². The summed E-state index contributed by atoms with van der Waals surface area (Å²) in [5.41, 5.74) is 7.33. The van der Waals surface area contributed by atoms with Crippen molar-refractivity contribution in [2.24, 2.45) is 5.73 Å². The van der Waals surface area contributed by atoms with Crippen molar-refractivity contribution < 1.29 is 0 Å². The van der Waals surface area contributed by atoms with Gasteiger partial charge in [-0.2, -0.15) is 0 Å². The monoisotopic (exact) mass is 248 g/mol. The van der Waals surface area contributed by atoms with Crippen molar-refractivity contribution in [3.63, 3.8) is 0 Å². The molecule has 3 N–H and O–H groups in total. The normalized spacial score (nSPS) is 10.2. The first kappa shape index (κ1) is 11.8. The first-order valence-electron chi connectivity index (χ1n) is 5.29. The van der Waals surface area contributed by atoms with Crippen molar-refractivity contribution >= 4 is 17.5 Å². The summed E-state index contributed by atoms with van der Waals surface area (Å²) in [4.78, 5) is 8.36. The second-order valence-electron chi connectivity index (χ2n) is 3.52. The molecule has 0 fully saturated rings. The average molecular weight is 249 g/mol. The van der Waals surface area contributed by atoms with Gasteiger partial charge in [-0.25, -0.2) is 9.97 Å². The summed E-state index contributed by atoms with van der Waals surface area (Å²) in [5.74, 6) is 0.563. The van der Waals surface area contributed by atoms with Crippen LogP contribution < -0.4 is 11.1 Å². The molecule has 4 nitrogen and oxygen atoms in total. The van der Waals surface area contributed by atoms with E-state index in [2.05, 4.69) is 15.3 Å². The third-order valence-electron chi connectivity index (χ3n) is 2.32. The highest BCUT2D eigenvalue weighted by atomic mass is 35.5. The lowest BCUT2D eigenvalue weighted by Gasteiger charge is -2.07. The summed E-state index contributed by atoms with van der Waals surface area (Å²) >= 11 is 6.05. The maximum atomic E-state index is 6.05. The van der Waals surface area contributed by atoms with Gasteiger partial charge in [-0.15, -0.1) is 0 Å². The van der Waals surface area contributed by atoms with E-state index < -0.39 is 0 Å². The van der Waals surface area contributed by atoms with Crippen molar-refractivity contribution in [3.05, 3.63) is 52.8 Å². The summed E-state index contributed by atoms with van der Waals surface area (Å²) < 4.78 is 0. The molecule has 0 saturated carbocycles. The molecule has 17 heavy (non-hydrogen) atoms. The Labute approximate surface area is 105 Å². The maximum absolute atomic E-state index is 6.05. The third kappa shape index (κ3) is 3.15. The second-order valence-corrected chi connectivity index (χ2v) is 3.93. The van der Waals surface area contributed by atoms with Crippen LogP contribution in [0.4, 0.5) is 5.95 Å². The number of nitrogens with one attached hydrogen (secondary N) is 1. The van der Waals surface area contributed by atoms with Gasteiger partial charge in [-0.3, -0.25) is 0 Å². The Bertz CT molecular complexity index is 501. The molecule has 0 atom stereocenters. The molecule has 2 aromatic rings. The van der Waals surface area contributed by atoms with Crippen LogP contribution in [-0.2, 0) is 13.1 Å². The van der Waals surface area contributed by atoms with Gasteiger partial charge in [0.2, 0.25) is 5.95 Å².